The van der Waals surface area contributed by atoms with Crippen molar-refractivity contribution in [2.75, 3.05) is 11.5 Å². The first kappa shape index (κ1) is 13.1. The van der Waals surface area contributed by atoms with Crippen LogP contribution in [-0.4, -0.2) is 15.2 Å². The van der Waals surface area contributed by atoms with Crippen LogP contribution in [0.25, 0.3) is 11.3 Å². The van der Waals surface area contributed by atoms with E-state index in [1.54, 1.807) is 0 Å². The van der Waals surface area contributed by atoms with E-state index in [0.717, 1.165) is 6.07 Å². The lowest BCUT2D eigenvalue weighted by Gasteiger charge is -2.09. The Balaban J connectivity index is 2.72. The lowest BCUT2D eigenvalue weighted by molar-refractivity contribution is 0.629. The van der Waals surface area contributed by atoms with E-state index in [0.29, 0.717) is 0 Å². The van der Waals surface area contributed by atoms with E-state index in [1.165, 1.54) is 0 Å². The van der Waals surface area contributed by atoms with Crippen molar-refractivity contribution in [1.29, 1.82) is 0 Å². The number of hydrogen-bond acceptors (Lipinski definition) is 5. The molecule has 0 amide bonds. The summed E-state index contributed by atoms with van der Waals surface area (Å²) >= 11 is 17.3. The van der Waals surface area contributed by atoms with Crippen molar-refractivity contribution in [3.8, 4) is 11.3 Å². The predicted octanol–water partition coefficient (Wildman–Crippen LogP) is 2.80. The minimum atomic E-state index is -0.751. The lowest BCUT2D eigenvalue weighted by Crippen LogP contribution is -2.05. The number of halogens is 4. The summed E-state index contributed by atoms with van der Waals surface area (Å²) in [5, 5.41) is 6.82. The quantitative estimate of drug-likeness (QED) is 0.624. The molecule has 0 radical (unpaired) electrons. The number of rotatable bonds is 1. The highest BCUT2D eigenvalue weighted by molar-refractivity contribution is 6.49. The highest BCUT2D eigenvalue weighted by Crippen LogP contribution is 2.40. The van der Waals surface area contributed by atoms with Gasteiger partial charge in [-0.25, -0.2) is 4.39 Å². The molecular formula is C9H5Cl3FN5. The molecule has 0 aliphatic carbocycles. The van der Waals surface area contributed by atoms with Crippen molar-refractivity contribution < 1.29 is 4.39 Å². The van der Waals surface area contributed by atoms with Crippen molar-refractivity contribution in [2.45, 2.75) is 0 Å². The van der Waals surface area contributed by atoms with Crippen molar-refractivity contribution in [1.82, 2.24) is 15.2 Å². The number of benzene rings is 1. The van der Waals surface area contributed by atoms with Gasteiger partial charge in [0.15, 0.2) is 5.82 Å². The summed E-state index contributed by atoms with van der Waals surface area (Å²) in [5.74, 6) is -0.894. The minimum Gasteiger partial charge on any atom is -0.382 e. The smallest absolute Gasteiger partial charge is 0.242 e. The van der Waals surface area contributed by atoms with Gasteiger partial charge in [-0.05, 0) is 6.07 Å². The molecule has 94 valence electrons. The normalized spacial score (nSPS) is 10.7. The topological polar surface area (TPSA) is 90.7 Å². The summed E-state index contributed by atoms with van der Waals surface area (Å²) in [7, 11) is 0. The first-order chi connectivity index (χ1) is 8.41. The minimum absolute atomic E-state index is 0.00985. The second-order valence-corrected chi connectivity index (χ2v) is 4.39. The van der Waals surface area contributed by atoms with Crippen LogP contribution in [0.15, 0.2) is 6.07 Å². The van der Waals surface area contributed by atoms with Crippen LogP contribution >= 0.6 is 34.8 Å². The molecule has 2 rings (SSSR count). The lowest BCUT2D eigenvalue weighted by atomic mass is 10.1. The molecule has 0 aliphatic heterocycles. The molecule has 2 aromatic rings. The third-order valence-electron chi connectivity index (χ3n) is 2.09. The Bertz CT molecular complexity index is 634. The SMILES string of the molecule is Nc1nnc(-c2cc(F)c(Cl)c(Cl)c2Cl)c(N)n1. The van der Waals surface area contributed by atoms with Crippen molar-refractivity contribution in [2.24, 2.45) is 0 Å². The summed E-state index contributed by atoms with van der Waals surface area (Å²) in [6, 6.07) is 1.05. The molecule has 0 spiro atoms. The van der Waals surface area contributed by atoms with E-state index in [4.69, 9.17) is 46.3 Å². The molecular weight excluding hydrogens is 303 g/mol. The second kappa shape index (κ2) is 4.72. The van der Waals surface area contributed by atoms with Gasteiger partial charge < -0.3 is 11.5 Å². The molecule has 18 heavy (non-hydrogen) atoms. The summed E-state index contributed by atoms with van der Waals surface area (Å²) in [5.41, 5.74) is 11.1. The standard InChI is InChI=1S/C9H5Cl3FN5/c10-4-2(1-3(13)5(11)6(4)12)7-8(14)16-9(15)18-17-7/h1H,(H4,14,15,16,18). The highest BCUT2D eigenvalue weighted by Gasteiger charge is 2.19. The fourth-order valence-corrected chi connectivity index (χ4v) is 1.92. The van der Waals surface area contributed by atoms with Crippen LogP contribution in [0, 0.1) is 5.82 Å². The van der Waals surface area contributed by atoms with Gasteiger partial charge in [0.05, 0.1) is 15.1 Å². The number of aromatic nitrogens is 3. The summed E-state index contributed by atoms with van der Waals surface area (Å²) in [6.45, 7) is 0. The van der Waals surface area contributed by atoms with E-state index in [9.17, 15) is 4.39 Å². The molecule has 0 atom stereocenters. The monoisotopic (exact) mass is 307 g/mol. The average molecular weight is 309 g/mol. The van der Waals surface area contributed by atoms with Gasteiger partial charge in [0.25, 0.3) is 0 Å². The van der Waals surface area contributed by atoms with Gasteiger partial charge >= 0.3 is 0 Å². The van der Waals surface area contributed by atoms with Crippen molar-refractivity contribution in [3.05, 3.63) is 27.0 Å². The summed E-state index contributed by atoms with van der Waals surface area (Å²) in [4.78, 5) is 3.70. The third-order valence-corrected chi connectivity index (χ3v) is 3.42. The number of nitrogens with zero attached hydrogens (tertiary/aromatic N) is 3. The zero-order valence-corrected chi connectivity index (χ0v) is 10.9. The number of nitrogens with two attached hydrogens (primary N) is 2. The average Bonchev–Trinajstić information content (AvgIpc) is 2.32. The van der Waals surface area contributed by atoms with E-state index in [2.05, 4.69) is 15.2 Å². The Morgan fingerprint density at radius 2 is 1.67 bits per heavy atom. The molecule has 9 heteroatoms. The Morgan fingerprint density at radius 1 is 1.00 bits per heavy atom. The first-order valence-electron chi connectivity index (χ1n) is 4.51. The van der Waals surface area contributed by atoms with Gasteiger partial charge in [0, 0.05) is 5.56 Å². The highest BCUT2D eigenvalue weighted by atomic mass is 35.5. The molecule has 0 saturated heterocycles. The summed E-state index contributed by atoms with van der Waals surface area (Å²) < 4.78 is 13.5. The van der Waals surface area contributed by atoms with Gasteiger partial charge in [-0.2, -0.15) is 4.98 Å². The summed E-state index contributed by atoms with van der Waals surface area (Å²) in [6.07, 6.45) is 0. The van der Waals surface area contributed by atoms with Gasteiger partial charge in [0.2, 0.25) is 5.95 Å². The number of nitrogen functional groups attached to an aromatic ring is 2. The molecule has 0 aliphatic rings. The fourth-order valence-electron chi connectivity index (χ4n) is 1.29. The number of anilines is 2. The molecule has 0 saturated carbocycles. The van der Waals surface area contributed by atoms with Gasteiger partial charge in [-0.3, -0.25) is 0 Å². The van der Waals surface area contributed by atoms with Crippen LogP contribution in [0.5, 0.6) is 0 Å². The van der Waals surface area contributed by atoms with Crippen LogP contribution in [0.4, 0.5) is 16.2 Å². The van der Waals surface area contributed by atoms with Crippen molar-refractivity contribution in [3.63, 3.8) is 0 Å². The predicted molar refractivity (Wildman–Crippen MR) is 69.1 cm³/mol. The first-order valence-corrected chi connectivity index (χ1v) is 5.64. The molecule has 1 heterocycles. The van der Waals surface area contributed by atoms with Gasteiger partial charge in [0.1, 0.15) is 11.5 Å². The maximum absolute atomic E-state index is 13.5. The molecule has 4 N–H and O–H groups in total. The van der Waals surface area contributed by atoms with E-state index in [-0.39, 0.29) is 38.1 Å². The molecule has 0 unspecified atom stereocenters. The molecule has 1 aromatic heterocycles. The zero-order chi connectivity index (χ0) is 13.4. The Morgan fingerprint density at radius 3 is 2.28 bits per heavy atom. The Kier molecular flexibility index (Phi) is 3.43. The number of hydrogen-bond donors (Lipinski definition) is 2. The maximum atomic E-state index is 13.5. The fraction of sp³-hybridized carbons (Fsp3) is 0. The van der Waals surface area contributed by atoms with Crippen molar-refractivity contribution >= 4 is 46.6 Å². The van der Waals surface area contributed by atoms with E-state index < -0.39 is 5.82 Å². The van der Waals surface area contributed by atoms with Crippen LogP contribution in [0.1, 0.15) is 0 Å². The third kappa shape index (κ3) is 2.14. The van der Waals surface area contributed by atoms with Crippen LogP contribution in [-0.2, 0) is 0 Å². The van der Waals surface area contributed by atoms with E-state index in [1.807, 2.05) is 0 Å². The maximum Gasteiger partial charge on any atom is 0.242 e. The Labute approximate surface area is 116 Å². The molecule has 0 bridgehead atoms. The largest absolute Gasteiger partial charge is 0.382 e. The molecule has 0 fully saturated rings. The molecule has 5 nitrogen and oxygen atoms in total. The zero-order valence-electron chi connectivity index (χ0n) is 8.59. The van der Waals surface area contributed by atoms with Crippen LogP contribution < -0.4 is 11.5 Å². The Hall–Kier alpha value is -1.37. The van der Waals surface area contributed by atoms with Crippen LogP contribution in [0.2, 0.25) is 15.1 Å². The van der Waals surface area contributed by atoms with Gasteiger partial charge in [-0.15, -0.1) is 10.2 Å². The van der Waals surface area contributed by atoms with E-state index >= 15 is 0 Å². The van der Waals surface area contributed by atoms with Gasteiger partial charge in [-0.1, -0.05) is 34.8 Å². The molecule has 1 aromatic carbocycles. The van der Waals surface area contributed by atoms with Crippen LogP contribution in [0.3, 0.4) is 0 Å². The second-order valence-electron chi connectivity index (χ2n) is 3.25.